The van der Waals surface area contributed by atoms with E-state index in [-0.39, 0.29) is 0 Å². The zero-order valence-corrected chi connectivity index (χ0v) is 8.57. The number of hydrogen-bond donors (Lipinski definition) is 1. The first-order valence-electron chi connectivity index (χ1n) is 5.28. The smallest absolute Gasteiger partial charge is 0.119 e. The van der Waals surface area contributed by atoms with Crippen molar-refractivity contribution in [3.63, 3.8) is 0 Å². The lowest BCUT2D eigenvalue weighted by Gasteiger charge is -2.32. The number of benzene rings is 1. The predicted octanol–water partition coefficient (Wildman–Crippen LogP) is 2.29. The minimum absolute atomic E-state index is 0.423. The average Bonchev–Trinajstić information content (AvgIpc) is 2.15. The van der Waals surface area contributed by atoms with Crippen molar-refractivity contribution >= 4 is 0 Å². The number of hydrogen-bond acceptors (Lipinski definition) is 2. The van der Waals surface area contributed by atoms with E-state index >= 15 is 0 Å². The van der Waals surface area contributed by atoms with Gasteiger partial charge in [-0.2, -0.15) is 0 Å². The molecular weight excluding hydrogens is 174 g/mol. The molecule has 0 spiro atoms. The van der Waals surface area contributed by atoms with E-state index in [1.54, 1.807) is 0 Å². The minimum Gasteiger partial charge on any atom is -0.494 e. The molecule has 2 heteroatoms. The second-order valence-electron chi connectivity index (χ2n) is 3.93. The van der Waals surface area contributed by atoms with Gasteiger partial charge in [0.15, 0.2) is 0 Å². The standard InChI is InChI=1S/C12H17NO/c1-2-14-12-5-3-9(4-6-12)10-7-11(13)8-10/h3-6,10-11H,2,7-8,13H2,1H3. The summed E-state index contributed by atoms with van der Waals surface area (Å²) in [6.45, 7) is 2.73. The number of ether oxygens (including phenoxy) is 1. The van der Waals surface area contributed by atoms with Gasteiger partial charge in [0.2, 0.25) is 0 Å². The highest BCUT2D eigenvalue weighted by atomic mass is 16.5. The molecule has 1 saturated carbocycles. The van der Waals surface area contributed by atoms with Gasteiger partial charge in [-0.15, -0.1) is 0 Å². The maximum atomic E-state index is 5.76. The van der Waals surface area contributed by atoms with E-state index in [9.17, 15) is 0 Å². The van der Waals surface area contributed by atoms with Crippen LogP contribution in [0.2, 0.25) is 0 Å². The fraction of sp³-hybridized carbons (Fsp3) is 0.500. The van der Waals surface area contributed by atoms with Crippen molar-refractivity contribution in [1.82, 2.24) is 0 Å². The lowest BCUT2D eigenvalue weighted by atomic mass is 9.76. The highest BCUT2D eigenvalue weighted by Gasteiger charge is 2.26. The van der Waals surface area contributed by atoms with E-state index in [0.29, 0.717) is 12.0 Å². The van der Waals surface area contributed by atoms with Gasteiger partial charge in [0.25, 0.3) is 0 Å². The third-order valence-corrected chi connectivity index (χ3v) is 2.84. The van der Waals surface area contributed by atoms with Crippen LogP contribution in [0, 0.1) is 0 Å². The summed E-state index contributed by atoms with van der Waals surface area (Å²) in [6, 6.07) is 8.82. The molecule has 0 atom stereocenters. The highest BCUT2D eigenvalue weighted by Crippen LogP contribution is 2.36. The molecule has 14 heavy (non-hydrogen) atoms. The minimum atomic E-state index is 0.423. The van der Waals surface area contributed by atoms with Crippen molar-refractivity contribution in [3.8, 4) is 5.75 Å². The summed E-state index contributed by atoms with van der Waals surface area (Å²) < 4.78 is 5.39. The maximum absolute atomic E-state index is 5.76. The maximum Gasteiger partial charge on any atom is 0.119 e. The Morgan fingerprint density at radius 1 is 1.29 bits per heavy atom. The molecule has 0 heterocycles. The van der Waals surface area contributed by atoms with Crippen LogP contribution in [-0.2, 0) is 0 Å². The van der Waals surface area contributed by atoms with Crippen LogP contribution in [0.3, 0.4) is 0 Å². The third-order valence-electron chi connectivity index (χ3n) is 2.84. The average molecular weight is 191 g/mol. The summed E-state index contributed by atoms with van der Waals surface area (Å²) in [4.78, 5) is 0. The molecule has 2 N–H and O–H groups in total. The molecule has 0 aromatic heterocycles. The Morgan fingerprint density at radius 2 is 1.93 bits per heavy atom. The summed E-state index contributed by atoms with van der Waals surface area (Å²) in [5.74, 6) is 1.64. The van der Waals surface area contributed by atoms with Crippen molar-refractivity contribution in [3.05, 3.63) is 29.8 Å². The second-order valence-corrected chi connectivity index (χ2v) is 3.93. The molecule has 0 radical (unpaired) electrons. The predicted molar refractivity (Wildman–Crippen MR) is 57.6 cm³/mol. The van der Waals surface area contributed by atoms with Gasteiger partial charge in [-0.05, 0) is 43.4 Å². The van der Waals surface area contributed by atoms with Gasteiger partial charge in [-0.25, -0.2) is 0 Å². The molecule has 0 saturated heterocycles. The number of rotatable bonds is 3. The Kier molecular flexibility index (Phi) is 2.73. The Labute approximate surface area is 85.1 Å². The first kappa shape index (κ1) is 9.53. The van der Waals surface area contributed by atoms with Crippen LogP contribution in [-0.4, -0.2) is 12.6 Å². The van der Waals surface area contributed by atoms with Crippen molar-refractivity contribution in [1.29, 1.82) is 0 Å². The zero-order valence-electron chi connectivity index (χ0n) is 8.57. The van der Waals surface area contributed by atoms with Gasteiger partial charge in [-0.1, -0.05) is 12.1 Å². The van der Waals surface area contributed by atoms with Crippen LogP contribution in [0.1, 0.15) is 31.2 Å². The highest BCUT2D eigenvalue weighted by molar-refractivity contribution is 5.30. The molecular formula is C12H17NO. The molecule has 1 fully saturated rings. The van der Waals surface area contributed by atoms with Gasteiger partial charge < -0.3 is 10.5 Å². The first-order valence-corrected chi connectivity index (χ1v) is 5.28. The van der Waals surface area contributed by atoms with E-state index in [1.165, 1.54) is 5.56 Å². The van der Waals surface area contributed by atoms with Gasteiger partial charge >= 0.3 is 0 Å². The molecule has 76 valence electrons. The van der Waals surface area contributed by atoms with Crippen LogP contribution < -0.4 is 10.5 Å². The SMILES string of the molecule is CCOc1ccc(C2CC(N)C2)cc1. The lowest BCUT2D eigenvalue weighted by Crippen LogP contribution is -2.34. The molecule has 2 nitrogen and oxygen atoms in total. The van der Waals surface area contributed by atoms with E-state index in [4.69, 9.17) is 10.5 Å². The van der Waals surface area contributed by atoms with Crippen LogP contribution in [0.5, 0.6) is 5.75 Å². The van der Waals surface area contributed by atoms with E-state index in [2.05, 4.69) is 12.1 Å². The molecule has 0 unspecified atom stereocenters. The monoisotopic (exact) mass is 191 g/mol. The summed E-state index contributed by atoms with van der Waals surface area (Å²) in [6.07, 6.45) is 2.27. The van der Waals surface area contributed by atoms with Crippen molar-refractivity contribution in [2.75, 3.05) is 6.61 Å². The van der Waals surface area contributed by atoms with Crippen molar-refractivity contribution in [2.45, 2.75) is 31.7 Å². The van der Waals surface area contributed by atoms with Crippen molar-refractivity contribution < 1.29 is 4.74 Å². The Balaban J connectivity index is 1.99. The lowest BCUT2D eigenvalue weighted by molar-refractivity contribution is 0.337. The molecule has 1 aliphatic carbocycles. The van der Waals surface area contributed by atoms with Gasteiger partial charge in [0.05, 0.1) is 6.61 Å². The molecule has 1 aromatic rings. The summed E-state index contributed by atoms with van der Waals surface area (Å²) in [5, 5.41) is 0. The van der Waals surface area contributed by atoms with E-state index < -0.39 is 0 Å². The molecule has 0 bridgehead atoms. The summed E-state index contributed by atoms with van der Waals surface area (Å²) >= 11 is 0. The van der Waals surface area contributed by atoms with Crippen LogP contribution in [0.4, 0.5) is 0 Å². The van der Waals surface area contributed by atoms with E-state index in [1.807, 2.05) is 19.1 Å². The molecule has 2 rings (SSSR count). The van der Waals surface area contributed by atoms with E-state index in [0.717, 1.165) is 25.2 Å². The van der Waals surface area contributed by atoms with Crippen LogP contribution in [0.15, 0.2) is 24.3 Å². The largest absolute Gasteiger partial charge is 0.494 e. The summed E-state index contributed by atoms with van der Waals surface area (Å²) in [5.41, 5.74) is 7.16. The third kappa shape index (κ3) is 1.90. The van der Waals surface area contributed by atoms with Crippen molar-refractivity contribution in [2.24, 2.45) is 5.73 Å². The topological polar surface area (TPSA) is 35.2 Å². The normalized spacial score (nSPS) is 25.6. The molecule has 0 aliphatic heterocycles. The van der Waals surface area contributed by atoms with Gasteiger partial charge in [0.1, 0.15) is 5.75 Å². The van der Waals surface area contributed by atoms with Gasteiger partial charge in [0, 0.05) is 6.04 Å². The van der Waals surface area contributed by atoms with Crippen LogP contribution >= 0.6 is 0 Å². The summed E-state index contributed by atoms with van der Waals surface area (Å²) in [7, 11) is 0. The zero-order chi connectivity index (χ0) is 9.97. The fourth-order valence-electron chi connectivity index (χ4n) is 1.94. The van der Waals surface area contributed by atoms with Crippen LogP contribution in [0.25, 0.3) is 0 Å². The Morgan fingerprint density at radius 3 is 2.43 bits per heavy atom. The Hall–Kier alpha value is -1.02. The molecule has 0 amide bonds. The molecule has 1 aromatic carbocycles. The molecule has 1 aliphatic rings. The second kappa shape index (κ2) is 4.01. The quantitative estimate of drug-likeness (QED) is 0.795. The first-order chi connectivity index (χ1) is 6.79. The number of nitrogens with two attached hydrogens (primary N) is 1. The Bertz CT molecular complexity index is 288. The fourth-order valence-corrected chi connectivity index (χ4v) is 1.94. The van der Waals surface area contributed by atoms with Gasteiger partial charge in [-0.3, -0.25) is 0 Å².